The number of nitrogens with zero attached hydrogens (tertiary/aromatic N) is 1. The number of amides is 2. The van der Waals surface area contributed by atoms with Gasteiger partial charge in [0.2, 0.25) is 0 Å². The van der Waals surface area contributed by atoms with Gasteiger partial charge in [0.25, 0.3) is 5.56 Å². The third kappa shape index (κ3) is 3.23. The topological polar surface area (TPSA) is 74.4 Å². The van der Waals surface area contributed by atoms with E-state index in [2.05, 4.69) is 10.3 Å². The number of anilines is 1. The highest BCUT2D eigenvalue weighted by atomic mass is 35.5. The van der Waals surface area contributed by atoms with Crippen molar-refractivity contribution in [3.8, 4) is 0 Å². The molecule has 2 amide bonds. The summed E-state index contributed by atoms with van der Waals surface area (Å²) in [7, 11) is 1.64. The van der Waals surface area contributed by atoms with Gasteiger partial charge in [-0.3, -0.25) is 4.79 Å². The lowest BCUT2D eigenvalue weighted by Crippen LogP contribution is -2.39. The van der Waals surface area contributed by atoms with E-state index in [0.29, 0.717) is 16.8 Å². The fourth-order valence-corrected chi connectivity index (χ4v) is 3.61. The Hall–Kier alpha value is -2.90. The van der Waals surface area contributed by atoms with Crippen LogP contribution in [-0.4, -0.2) is 29.6 Å². The summed E-state index contributed by atoms with van der Waals surface area (Å²) >= 11 is 5.78. The lowest BCUT2D eigenvalue weighted by Gasteiger charge is -2.33. The summed E-state index contributed by atoms with van der Waals surface area (Å²) in [5.41, 5.74) is 1.71. The average Bonchev–Trinajstić information content (AvgIpc) is 2.70. The number of H-pyrrole nitrogens is 1. The summed E-state index contributed by atoms with van der Waals surface area (Å²) in [6, 6.07) is 10.4. The predicted molar refractivity (Wildman–Crippen MR) is 105 cm³/mol. The number of pyridine rings is 1. The molecule has 0 saturated heterocycles. The molecule has 0 aliphatic carbocycles. The van der Waals surface area contributed by atoms with Gasteiger partial charge < -0.3 is 19.9 Å². The number of aromatic amines is 1. The fourth-order valence-electron chi connectivity index (χ4n) is 3.43. The molecule has 144 valence electrons. The number of hydrogen-bond acceptors (Lipinski definition) is 3. The van der Waals surface area contributed by atoms with Gasteiger partial charge in [-0.1, -0.05) is 29.8 Å². The van der Waals surface area contributed by atoms with Crippen molar-refractivity contribution >= 4 is 34.1 Å². The molecule has 4 rings (SSSR count). The standard InChI is InChI=1S/C20H17ClFN3O3/c1-25(20(27)23-11-6-7-15(22)14(21)8-11)17-10-28-9-16-18(17)12-4-2-3-5-13(12)19(26)24-16/h2-8,17H,9-10H2,1H3,(H,23,27)(H,24,26). The van der Waals surface area contributed by atoms with Gasteiger partial charge in [0.15, 0.2) is 0 Å². The minimum absolute atomic E-state index is 0.0737. The third-order valence-electron chi connectivity index (χ3n) is 4.87. The highest BCUT2D eigenvalue weighted by Crippen LogP contribution is 2.33. The van der Waals surface area contributed by atoms with Crippen molar-refractivity contribution in [3.63, 3.8) is 0 Å². The highest BCUT2D eigenvalue weighted by molar-refractivity contribution is 6.31. The highest BCUT2D eigenvalue weighted by Gasteiger charge is 2.30. The maximum atomic E-state index is 13.3. The lowest BCUT2D eigenvalue weighted by atomic mass is 9.96. The number of ether oxygens (including phenoxy) is 1. The Morgan fingerprint density at radius 3 is 2.79 bits per heavy atom. The maximum Gasteiger partial charge on any atom is 0.322 e. The molecule has 1 aromatic heterocycles. The third-order valence-corrected chi connectivity index (χ3v) is 5.16. The van der Waals surface area contributed by atoms with Crippen LogP contribution >= 0.6 is 11.6 Å². The summed E-state index contributed by atoms with van der Waals surface area (Å²) in [6.07, 6.45) is 0. The van der Waals surface area contributed by atoms with Gasteiger partial charge in [0, 0.05) is 29.4 Å². The molecule has 0 fully saturated rings. The largest absolute Gasteiger partial charge is 0.373 e. The van der Waals surface area contributed by atoms with E-state index < -0.39 is 17.9 Å². The van der Waals surface area contributed by atoms with Crippen LogP contribution in [0.1, 0.15) is 17.3 Å². The molecule has 2 N–H and O–H groups in total. The fraction of sp³-hybridized carbons (Fsp3) is 0.200. The number of likely N-dealkylation sites (N-methyl/N-ethyl adjacent to an activating group) is 1. The second-order valence-corrected chi connectivity index (χ2v) is 7.00. The van der Waals surface area contributed by atoms with Crippen molar-refractivity contribution in [3.05, 3.63) is 74.9 Å². The van der Waals surface area contributed by atoms with Crippen LogP contribution in [0.3, 0.4) is 0 Å². The SMILES string of the molecule is CN(C(=O)Nc1ccc(F)c(Cl)c1)C1COCc2[nH]c(=O)c3ccccc3c21. The Morgan fingerprint density at radius 2 is 2.04 bits per heavy atom. The van der Waals surface area contributed by atoms with Crippen molar-refractivity contribution in [2.75, 3.05) is 19.0 Å². The second-order valence-electron chi connectivity index (χ2n) is 6.59. The first-order valence-electron chi connectivity index (χ1n) is 8.66. The van der Waals surface area contributed by atoms with Crippen molar-refractivity contribution in [2.45, 2.75) is 12.6 Å². The molecule has 1 atom stereocenters. The summed E-state index contributed by atoms with van der Waals surface area (Å²) in [6.45, 7) is 0.562. The van der Waals surface area contributed by atoms with Crippen LogP contribution in [-0.2, 0) is 11.3 Å². The van der Waals surface area contributed by atoms with Crippen LogP contribution < -0.4 is 10.9 Å². The molecule has 2 aromatic carbocycles. The number of fused-ring (bicyclic) bond motifs is 3. The van der Waals surface area contributed by atoms with E-state index in [0.717, 1.165) is 10.9 Å². The van der Waals surface area contributed by atoms with E-state index in [9.17, 15) is 14.0 Å². The Morgan fingerprint density at radius 1 is 1.29 bits per heavy atom. The summed E-state index contributed by atoms with van der Waals surface area (Å²) in [4.78, 5) is 29.4. The van der Waals surface area contributed by atoms with Crippen LogP contribution in [0.2, 0.25) is 5.02 Å². The monoisotopic (exact) mass is 401 g/mol. The van der Waals surface area contributed by atoms with Crippen LogP contribution in [0, 0.1) is 5.82 Å². The molecule has 1 unspecified atom stereocenters. The van der Waals surface area contributed by atoms with Gasteiger partial charge >= 0.3 is 6.03 Å². The van der Waals surface area contributed by atoms with Crippen molar-refractivity contribution in [1.29, 1.82) is 0 Å². The van der Waals surface area contributed by atoms with E-state index in [-0.39, 0.29) is 23.8 Å². The molecular weight excluding hydrogens is 385 g/mol. The Labute approximate surface area is 164 Å². The maximum absolute atomic E-state index is 13.3. The van der Waals surface area contributed by atoms with Crippen LogP contribution in [0.4, 0.5) is 14.9 Å². The van der Waals surface area contributed by atoms with Gasteiger partial charge in [-0.25, -0.2) is 9.18 Å². The number of aromatic nitrogens is 1. The molecule has 6 nitrogen and oxygen atoms in total. The number of nitrogens with one attached hydrogen (secondary N) is 2. The molecule has 0 saturated carbocycles. The number of urea groups is 1. The van der Waals surface area contributed by atoms with E-state index in [4.69, 9.17) is 16.3 Å². The first-order chi connectivity index (χ1) is 13.5. The molecule has 0 bridgehead atoms. The van der Waals surface area contributed by atoms with Crippen molar-refractivity contribution < 1.29 is 13.9 Å². The van der Waals surface area contributed by atoms with Gasteiger partial charge in [-0.15, -0.1) is 0 Å². The average molecular weight is 402 g/mol. The number of hydrogen-bond donors (Lipinski definition) is 2. The van der Waals surface area contributed by atoms with E-state index in [1.807, 2.05) is 12.1 Å². The van der Waals surface area contributed by atoms with Gasteiger partial charge in [0.05, 0.1) is 24.3 Å². The molecule has 0 spiro atoms. The zero-order valence-electron chi connectivity index (χ0n) is 15.0. The minimum atomic E-state index is -0.557. The predicted octanol–water partition coefficient (Wildman–Crippen LogP) is 4.06. The Bertz CT molecular complexity index is 1130. The summed E-state index contributed by atoms with van der Waals surface area (Å²) < 4.78 is 18.9. The zero-order chi connectivity index (χ0) is 19.8. The molecular formula is C20H17ClFN3O3. The molecule has 2 heterocycles. The normalized spacial score (nSPS) is 15.9. The summed E-state index contributed by atoms with van der Waals surface area (Å²) in [5.74, 6) is -0.557. The van der Waals surface area contributed by atoms with Gasteiger partial charge in [-0.2, -0.15) is 0 Å². The second kappa shape index (κ2) is 7.26. The van der Waals surface area contributed by atoms with Crippen LogP contribution in [0.5, 0.6) is 0 Å². The van der Waals surface area contributed by atoms with Crippen molar-refractivity contribution in [1.82, 2.24) is 9.88 Å². The molecule has 1 aliphatic rings. The first-order valence-corrected chi connectivity index (χ1v) is 9.04. The molecule has 1 aliphatic heterocycles. The first kappa shape index (κ1) is 18.5. The number of rotatable bonds is 2. The van der Waals surface area contributed by atoms with E-state index in [1.165, 1.54) is 23.1 Å². The Balaban J connectivity index is 1.69. The smallest absolute Gasteiger partial charge is 0.322 e. The molecule has 0 radical (unpaired) electrons. The number of benzene rings is 2. The zero-order valence-corrected chi connectivity index (χ0v) is 15.7. The van der Waals surface area contributed by atoms with E-state index >= 15 is 0 Å². The van der Waals surface area contributed by atoms with E-state index in [1.54, 1.807) is 19.2 Å². The molecule has 28 heavy (non-hydrogen) atoms. The van der Waals surface area contributed by atoms with Gasteiger partial charge in [-0.05, 0) is 29.7 Å². The Kier molecular flexibility index (Phi) is 4.78. The minimum Gasteiger partial charge on any atom is -0.373 e. The van der Waals surface area contributed by atoms with Crippen LogP contribution in [0.25, 0.3) is 10.8 Å². The summed E-state index contributed by atoms with van der Waals surface area (Å²) in [5, 5.41) is 3.99. The molecule has 8 heteroatoms. The number of halogens is 2. The van der Waals surface area contributed by atoms with Crippen molar-refractivity contribution in [2.24, 2.45) is 0 Å². The van der Waals surface area contributed by atoms with Crippen LogP contribution in [0.15, 0.2) is 47.3 Å². The lowest BCUT2D eigenvalue weighted by molar-refractivity contribution is 0.0527. The van der Waals surface area contributed by atoms with Gasteiger partial charge in [0.1, 0.15) is 5.82 Å². The number of carbonyl (C=O) groups is 1. The number of carbonyl (C=O) groups excluding carboxylic acids is 1. The quantitative estimate of drug-likeness (QED) is 0.680. The molecule has 3 aromatic rings.